The van der Waals surface area contributed by atoms with Gasteiger partial charge in [-0.3, -0.25) is 0 Å². The number of nitrogens with one attached hydrogen (secondary N) is 1. The average molecular weight is 258 g/mol. The van der Waals surface area contributed by atoms with Crippen molar-refractivity contribution in [3.8, 4) is 0 Å². The molecule has 0 heterocycles. The fourth-order valence-corrected chi connectivity index (χ4v) is 1.75. The summed E-state index contributed by atoms with van der Waals surface area (Å²) in [6.07, 6.45) is 1.40. The monoisotopic (exact) mass is 257 g/mol. The molecule has 0 amide bonds. The molecule has 0 aliphatic heterocycles. The molecule has 1 aromatic rings. The molecule has 1 aliphatic rings. The van der Waals surface area contributed by atoms with Gasteiger partial charge in [-0.05, 0) is 47.3 Å². The molecule has 1 aliphatic carbocycles. The molecular weight excluding hydrogens is 245 g/mol. The predicted octanol–water partition coefficient (Wildman–Crippen LogP) is 3.67. The molecule has 0 bridgehead atoms. The van der Waals surface area contributed by atoms with Crippen molar-refractivity contribution in [3.63, 3.8) is 0 Å². The maximum atomic E-state index is 13.3. The highest BCUT2D eigenvalue weighted by Gasteiger charge is 2.42. The van der Waals surface area contributed by atoms with Crippen molar-refractivity contribution in [1.82, 2.24) is 0 Å². The van der Waals surface area contributed by atoms with Crippen molar-refractivity contribution in [1.29, 1.82) is 0 Å². The predicted molar refractivity (Wildman–Crippen MR) is 60.4 cm³/mol. The van der Waals surface area contributed by atoms with Gasteiger partial charge in [-0.25, -0.2) is 4.39 Å². The lowest BCUT2D eigenvalue weighted by Gasteiger charge is -2.11. The van der Waals surface area contributed by atoms with E-state index >= 15 is 0 Å². The SMILES string of the molecule is Cc1cccc(NCC2(F)CC2)c1Br. The van der Waals surface area contributed by atoms with Crippen LogP contribution in [0.5, 0.6) is 0 Å². The van der Waals surface area contributed by atoms with Crippen LogP contribution in [0.25, 0.3) is 0 Å². The van der Waals surface area contributed by atoms with E-state index in [1.165, 1.54) is 5.56 Å². The highest BCUT2D eigenvalue weighted by molar-refractivity contribution is 9.10. The van der Waals surface area contributed by atoms with Crippen LogP contribution in [0, 0.1) is 6.92 Å². The van der Waals surface area contributed by atoms with Crippen LogP contribution in [-0.2, 0) is 0 Å². The Morgan fingerprint density at radius 1 is 1.50 bits per heavy atom. The minimum absolute atomic E-state index is 0.426. The summed E-state index contributed by atoms with van der Waals surface area (Å²) in [6.45, 7) is 2.45. The summed E-state index contributed by atoms with van der Waals surface area (Å²) in [7, 11) is 0. The molecule has 0 saturated heterocycles. The zero-order valence-corrected chi connectivity index (χ0v) is 9.70. The fraction of sp³-hybridized carbons (Fsp3) is 0.455. The first-order chi connectivity index (χ1) is 6.61. The largest absolute Gasteiger partial charge is 0.381 e. The van der Waals surface area contributed by atoms with Crippen molar-refractivity contribution in [2.75, 3.05) is 11.9 Å². The van der Waals surface area contributed by atoms with Crippen LogP contribution in [-0.4, -0.2) is 12.2 Å². The van der Waals surface area contributed by atoms with Crippen LogP contribution in [0.4, 0.5) is 10.1 Å². The van der Waals surface area contributed by atoms with E-state index in [-0.39, 0.29) is 0 Å². The van der Waals surface area contributed by atoms with Gasteiger partial charge in [0.25, 0.3) is 0 Å². The highest BCUT2D eigenvalue weighted by Crippen LogP contribution is 2.40. The normalized spacial score (nSPS) is 17.9. The van der Waals surface area contributed by atoms with Crippen LogP contribution in [0.1, 0.15) is 18.4 Å². The van der Waals surface area contributed by atoms with E-state index in [9.17, 15) is 4.39 Å². The topological polar surface area (TPSA) is 12.0 Å². The Bertz CT molecular complexity index is 347. The molecule has 1 saturated carbocycles. The third kappa shape index (κ3) is 2.08. The lowest BCUT2D eigenvalue weighted by atomic mass is 10.2. The third-order valence-electron chi connectivity index (χ3n) is 2.58. The number of anilines is 1. The summed E-state index contributed by atoms with van der Waals surface area (Å²) in [5.74, 6) is 0. The van der Waals surface area contributed by atoms with Gasteiger partial charge in [-0.2, -0.15) is 0 Å². The molecule has 2 rings (SSSR count). The molecule has 1 nitrogen and oxygen atoms in total. The van der Waals surface area contributed by atoms with Crippen molar-refractivity contribution in [3.05, 3.63) is 28.2 Å². The van der Waals surface area contributed by atoms with E-state index in [1.807, 2.05) is 25.1 Å². The summed E-state index contributed by atoms with van der Waals surface area (Å²) >= 11 is 3.48. The van der Waals surface area contributed by atoms with Gasteiger partial charge in [-0.1, -0.05) is 12.1 Å². The first-order valence-corrected chi connectivity index (χ1v) is 5.58. The Labute approximate surface area is 91.8 Å². The average Bonchev–Trinajstić information content (AvgIpc) is 2.88. The molecule has 1 fully saturated rings. The van der Waals surface area contributed by atoms with Crippen LogP contribution in [0.2, 0.25) is 0 Å². The van der Waals surface area contributed by atoms with Gasteiger partial charge in [-0.15, -0.1) is 0 Å². The Kier molecular flexibility index (Phi) is 2.52. The summed E-state index contributed by atoms with van der Waals surface area (Å²) < 4.78 is 14.4. The number of rotatable bonds is 3. The van der Waals surface area contributed by atoms with Crippen LogP contribution >= 0.6 is 15.9 Å². The second kappa shape index (κ2) is 3.54. The van der Waals surface area contributed by atoms with Crippen molar-refractivity contribution < 1.29 is 4.39 Å². The molecule has 76 valence electrons. The summed E-state index contributed by atoms with van der Waals surface area (Å²) in [6, 6.07) is 5.96. The third-order valence-corrected chi connectivity index (χ3v) is 3.63. The Morgan fingerprint density at radius 2 is 2.21 bits per heavy atom. The Hall–Kier alpha value is -0.570. The molecule has 0 unspecified atom stereocenters. The molecule has 0 atom stereocenters. The van der Waals surface area contributed by atoms with E-state index in [4.69, 9.17) is 0 Å². The zero-order chi connectivity index (χ0) is 10.2. The first kappa shape index (κ1) is 9.97. The van der Waals surface area contributed by atoms with E-state index in [2.05, 4.69) is 21.2 Å². The second-order valence-electron chi connectivity index (χ2n) is 3.94. The zero-order valence-electron chi connectivity index (χ0n) is 8.11. The molecule has 1 aromatic carbocycles. The number of hydrogen-bond donors (Lipinski definition) is 1. The smallest absolute Gasteiger partial charge is 0.128 e. The van der Waals surface area contributed by atoms with Gasteiger partial charge in [0.1, 0.15) is 5.67 Å². The van der Waals surface area contributed by atoms with Crippen LogP contribution in [0.15, 0.2) is 22.7 Å². The number of alkyl halides is 1. The van der Waals surface area contributed by atoms with E-state index < -0.39 is 5.67 Å². The summed E-state index contributed by atoms with van der Waals surface area (Å²) in [5, 5.41) is 3.13. The van der Waals surface area contributed by atoms with Gasteiger partial charge < -0.3 is 5.32 Å². The van der Waals surface area contributed by atoms with Crippen molar-refractivity contribution in [2.24, 2.45) is 0 Å². The van der Waals surface area contributed by atoms with Crippen LogP contribution in [0.3, 0.4) is 0 Å². The van der Waals surface area contributed by atoms with Gasteiger partial charge in [0, 0.05) is 16.7 Å². The van der Waals surface area contributed by atoms with E-state index in [0.29, 0.717) is 19.4 Å². The lowest BCUT2D eigenvalue weighted by molar-refractivity contribution is 0.326. The lowest BCUT2D eigenvalue weighted by Crippen LogP contribution is -2.16. The van der Waals surface area contributed by atoms with E-state index in [1.54, 1.807) is 0 Å². The summed E-state index contributed by atoms with van der Waals surface area (Å²) in [5.41, 5.74) is 1.20. The molecular formula is C11H13BrFN. The number of benzene rings is 1. The van der Waals surface area contributed by atoms with Crippen LogP contribution < -0.4 is 5.32 Å². The van der Waals surface area contributed by atoms with Gasteiger partial charge in [0.15, 0.2) is 0 Å². The molecule has 14 heavy (non-hydrogen) atoms. The molecule has 0 spiro atoms. The highest BCUT2D eigenvalue weighted by atomic mass is 79.9. The maximum Gasteiger partial charge on any atom is 0.128 e. The maximum absolute atomic E-state index is 13.3. The fourth-order valence-electron chi connectivity index (χ4n) is 1.35. The molecule has 3 heteroatoms. The molecule has 0 radical (unpaired) electrons. The van der Waals surface area contributed by atoms with Gasteiger partial charge >= 0.3 is 0 Å². The number of hydrogen-bond acceptors (Lipinski definition) is 1. The van der Waals surface area contributed by atoms with Gasteiger partial charge in [0.2, 0.25) is 0 Å². The Balaban J connectivity index is 2.05. The first-order valence-electron chi connectivity index (χ1n) is 4.79. The Morgan fingerprint density at radius 3 is 2.86 bits per heavy atom. The quantitative estimate of drug-likeness (QED) is 0.872. The standard InChI is InChI=1S/C11H13BrFN/c1-8-3-2-4-9(10(8)12)14-7-11(13)5-6-11/h2-4,14H,5-7H2,1H3. The molecule has 0 aromatic heterocycles. The minimum Gasteiger partial charge on any atom is -0.381 e. The molecule has 1 N–H and O–H groups in total. The summed E-state index contributed by atoms with van der Waals surface area (Å²) in [4.78, 5) is 0. The second-order valence-corrected chi connectivity index (χ2v) is 4.73. The van der Waals surface area contributed by atoms with E-state index in [0.717, 1.165) is 10.2 Å². The van der Waals surface area contributed by atoms with Crippen molar-refractivity contribution in [2.45, 2.75) is 25.4 Å². The van der Waals surface area contributed by atoms with Crippen molar-refractivity contribution >= 4 is 21.6 Å². The minimum atomic E-state index is -0.941. The van der Waals surface area contributed by atoms with Gasteiger partial charge in [0.05, 0.1) is 0 Å². The number of aryl methyl sites for hydroxylation is 1. The number of halogens is 2.